The van der Waals surface area contributed by atoms with Crippen molar-refractivity contribution < 1.29 is 5.73 Å². The van der Waals surface area contributed by atoms with Gasteiger partial charge in [-0.15, -0.1) is 15.3 Å². The van der Waals surface area contributed by atoms with Crippen molar-refractivity contribution in [1.29, 1.82) is 0 Å². The second-order valence-corrected chi connectivity index (χ2v) is 7.74. The molecule has 23 heavy (non-hydrogen) atoms. The van der Waals surface area contributed by atoms with Crippen LogP contribution in [0.4, 0.5) is 0 Å². The molecule has 2 heterocycles. The normalized spacial score (nSPS) is 11.4. The molecule has 0 spiro atoms. The highest BCUT2D eigenvalue weighted by atomic mass is 32.2. The summed E-state index contributed by atoms with van der Waals surface area (Å²) in [6.45, 7) is 3.16. The van der Waals surface area contributed by atoms with E-state index in [0.717, 1.165) is 40.3 Å². The monoisotopic (exact) mass is 348 g/mol. The van der Waals surface area contributed by atoms with E-state index in [1.54, 1.807) is 23.1 Å². The van der Waals surface area contributed by atoms with Crippen molar-refractivity contribution in [3.63, 3.8) is 0 Å². The summed E-state index contributed by atoms with van der Waals surface area (Å²) in [6, 6.07) is 8.49. The van der Waals surface area contributed by atoms with Crippen LogP contribution in [0.2, 0.25) is 0 Å². The van der Waals surface area contributed by atoms with E-state index >= 15 is 0 Å². The summed E-state index contributed by atoms with van der Waals surface area (Å²) < 4.78 is 2.96. The van der Waals surface area contributed by atoms with Gasteiger partial charge in [-0.25, -0.2) is 0 Å². The average molecular weight is 349 g/mol. The number of aryl methyl sites for hydroxylation is 2. The van der Waals surface area contributed by atoms with Crippen LogP contribution in [0.3, 0.4) is 0 Å². The number of benzene rings is 1. The van der Waals surface area contributed by atoms with Gasteiger partial charge in [0.15, 0.2) is 10.2 Å². The number of hydrogen-bond donors (Lipinski definition) is 1. The summed E-state index contributed by atoms with van der Waals surface area (Å²) >= 11 is 3.39. The first-order chi connectivity index (χ1) is 11.3. The van der Waals surface area contributed by atoms with Crippen LogP contribution in [0.1, 0.15) is 36.2 Å². The predicted molar refractivity (Wildman–Crippen MR) is 94.7 cm³/mol. The van der Waals surface area contributed by atoms with Crippen LogP contribution in [0.5, 0.6) is 0 Å². The minimum Gasteiger partial charge on any atom is -0.358 e. The molecule has 0 unspecified atom stereocenters. The van der Waals surface area contributed by atoms with Crippen molar-refractivity contribution in [3.8, 4) is 0 Å². The Morgan fingerprint density at radius 1 is 1.17 bits per heavy atom. The lowest BCUT2D eigenvalue weighted by atomic mass is 10.1. The molecule has 1 aromatic carbocycles. The smallest absolute Gasteiger partial charge is 0.235 e. The van der Waals surface area contributed by atoms with Crippen LogP contribution in [0, 0.1) is 6.92 Å². The number of quaternary nitrogens is 1. The third-order valence-corrected chi connectivity index (χ3v) is 5.88. The summed E-state index contributed by atoms with van der Waals surface area (Å²) in [5, 5.41) is 13.2. The van der Waals surface area contributed by atoms with Gasteiger partial charge in [-0.05, 0) is 37.3 Å². The van der Waals surface area contributed by atoms with Crippen LogP contribution >= 0.6 is 23.1 Å². The number of fused-ring (bicyclic) bond motifs is 1. The fourth-order valence-corrected chi connectivity index (χ4v) is 4.37. The fourth-order valence-electron chi connectivity index (χ4n) is 2.40. The molecule has 0 saturated heterocycles. The first kappa shape index (κ1) is 16.4. The summed E-state index contributed by atoms with van der Waals surface area (Å²) in [4.78, 5) is 0.893. The molecule has 0 bridgehead atoms. The van der Waals surface area contributed by atoms with Gasteiger partial charge in [-0.1, -0.05) is 47.4 Å². The van der Waals surface area contributed by atoms with Gasteiger partial charge >= 0.3 is 0 Å². The van der Waals surface area contributed by atoms with Crippen LogP contribution in [0.15, 0.2) is 28.6 Å². The number of rotatable bonds is 8. The highest BCUT2D eigenvalue weighted by molar-refractivity contribution is 8.00. The lowest BCUT2D eigenvalue weighted by Crippen LogP contribution is -2.50. The molecule has 3 rings (SSSR count). The van der Waals surface area contributed by atoms with Crippen molar-refractivity contribution >= 4 is 28.1 Å². The number of nitrogens with zero attached hydrogens (tertiary/aromatic N) is 4. The predicted octanol–water partition coefficient (Wildman–Crippen LogP) is 2.74. The molecule has 0 amide bonds. The van der Waals surface area contributed by atoms with Crippen LogP contribution in [0.25, 0.3) is 4.96 Å². The Balaban J connectivity index is 1.64. The van der Waals surface area contributed by atoms with Gasteiger partial charge in [0.1, 0.15) is 0 Å². The summed E-state index contributed by atoms with van der Waals surface area (Å²) in [5.74, 6) is 1.92. The Bertz CT molecular complexity index is 765. The zero-order valence-corrected chi connectivity index (χ0v) is 15.0. The van der Waals surface area contributed by atoms with Gasteiger partial charge in [0, 0.05) is 12.2 Å². The average Bonchev–Trinajstić information content (AvgIpc) is 3.12. The standard InChI is InChI=1S/C16H21N5S2/c1-12-7-4-5-8-13(12)11-22-16-20-21-14(9-3-2-6-10-17)18-19-15(21)23-16/h4-5,7-8H,2-3,6,9-11,17H2,1H3/p+1. The zero-order chi connectivity index (χ0) is 16.1. The summed E-state index contributed by atoms with van der Waals surface area (Å²) in [5.41, 5.74) is 6.56. The summed E-state index contributed by atoms with van der Waals surface area (Å²) in [7, 11) is 0. The minimum absolute atomic E-state index is 0.893. The van der Waals surface area contributed by atoms with E-state index in [1.165, 1.54) is 24.0 Å². The second kappa shape index (κ2) is 7.90. The fraction of sp³-hybridized carbons (Fsp3) is 0.438. The zero-order valence-electron chi connectivity index (χ0n) is 13.4. The van der Waals surface area contributed by atoms with Gasteiger partial charge in [-0.2, -0.15) is 4.52 Å². The molecular weight excluding hydrogens is 326 g/mol. The Morgan fingerprint density at radius 3 is 2.87 bits per heavy atom. The van der Waals surface area contributed by atoms with Crippen LogP contribution in [-0.4, -0.2) is 26.4 Å². The Hall–Kier alpha value is -1.44. The van der Waals surface area contributed by atoms with Crippen LogP contribution < -0.4 is 5.73 Å². The lowest BCUT2D eigenvalue weighted by Gasteiger charge is -2.02. The van der Waals surface area contributed by atoms with Gasteiger partial charge < -0.3 is 5.73 Å². The highest BCUT2D eigenvalue weighted by Crippen LogP contribution is 2.28. The van der Waals surface area contributed by atoms with Crippen molar-refractivity contribution in [3.05, 3.63) is 41.2 Å². The maximum atomic E-state index is 4.68. The van der Waals surface area contributed by atoms with Crippen LogP contribution in [-0.2, 0) is 12.2 Å². The third kappa shape index (κ3) is 4.10. The molecule has 2 aromatic heterocycles. The van der Waals surface area contributed by atoms with Crippen molar-refractivity contribution in [2.75, 3.05) is 6.54 Å². The van der Waals surface area contributed by atoms with E-state index in [-0.39, 0.29) is 0 Å². The second-order valence-electron chi connectivity index (χ2n) is 5.56. The third-order valence-electron chi connectivity index (χ3n) is 3.80. The number of unbranched alkanes of at least 4 members (excludes halogenated alkanes) is 2. The Labute approximate surface area is 144 Å². The molecular formula is C16H22N5S2+. The number of aromatic nitrogens is 4. The number of thioether (sulfide) groups is 1. The molecule has 0 fully saturated rings. The molecule has 3 N–H and O–H groups in total. The molecule has 122 valence electrons. The quantitative estimate of drug-likeness (QED) is 0.502. The highest BCUT2D eigenvalue weighted by Gasteiger charge is 2.12. The molecule has 5 nitrogen and oxygen atoms in total. The Kier molecular flexibility index (Phi) is 5.64. The van der Waals surface area contributed by atoms with E-state index in [1.807, 2.05) is 4.52 Å². The minimum atomic E-state index is 0.893. The van der Waals surface area contributed by atoms with Gasteiger partial charge in [0.2, 0.25) is 4.96 Å². The molecule has 0 radical (unpaired) electrons. The number of hydrogen-bond acceptors (Lipinski definition) is 5. The largest absolute Gasteiger partial charge is 0.358 e. The van der Waals surface area contributed by atoms with Gasteiger partial charge in [-0.3, -0.25) is 0 Å². The SMILES string of the molecule is Cc1ccccc1CSc1nn2c(CCCCC[NH3+])nnc2s1. The van der Waals surface area contributed by atoms with E-state index in [0.29, 0.717) is 0 Å². The first-order valence-electron chi connectivity index (χ1n) is 7.95. The van der Waals surface area contributed by atoms with Crippen molar-refractivity contribution in [2.24, 2.45) is 0 Å². The molecule has 0 saturated carbocycles. The molecule has 7 heteroatoms. The summed E-state index contributed by atoms with van der Waals surface area (Å²) in [6.07, 6.45) is 4.43. The van der Waals surface area contributed by atoms with Gasteiger partial charge in [0.05, 0.1) is 6.54 Å². The van der Waals surface area contributed by atoms with Crippen molar-refractivity contribution in [2.45, 2.75) is 42.7 Å². The van der Waals surface area contributed by atoms with E-state index < -0.39 is 0 Å². The van der Waals surface area contributed by atoms with E-state index in [9.17, 15) is 0 Å². The lowest BCUT2D eigenvalue weighted by molar-refractivity contribution is -0.368. The molecule has 0 aliphatic carbocycles. The molecule has 0 aliphatic heterocycles. The molecule has 0 atom stereocenters. The topological polar surface area (TPSA) is 70.7 Å². The Morgan fingerprint density at radius 2 is 2.04 bits per heavy atom. The first-order valence-corrected chi connectivity index (χ1v) is 9.76. The van der Waals surface area contributed by atoms with Gasteiger partial charge in [0.25, 0.3) is 0 Å². The van der Waals surface area contributed by atoms with E-state index in [2.05, 4.69) is 52.2 Å². The molecule has 3 aromatic rings. The van der Waals surface area contributed by atoms with Crippen molar-refractivity contribution in [1.82, 2.24) is 19.8 Å². The maximum absolute atomic E-state index is 4.68. The maximum Gasteiger partial charge on any atom is 0.235 e. The molecule has 0 aliphatic rings. The van der Waals surface area contributed by atoms with E-state index in [4.69, 9.17) is 0 Å².